The van der Waals surface area contributed by atoms with Gasteiger partial charge in [0.1, 0.15) is 9.88 Å². The summed E-state index contributed by atoms with van der Waals surface area (Å²) in [7, 11) is 1.73. The van der Waals surface area contributed by atoms with Gasteiger partial charge in [0.15, 0.2) is 5.96 Å². The van der Waals surface area contributed by atoms with Gasteiger partial charge in [0.2, 0.25) is 0 Å². The van der Waals surface area contributed by atoms with Crippen LogP contribution in [0, 0.1) is 6.92 Å². The van der Waals surface area contributed by atoms with Crippen LogP contribution in [0.4, 0.5) is 0 Å². The summed E-state index contributed by atoms with van der Waals surface area (Å²) < 4.78 is 5.08. The van der Waals surface area contributed by atoms with Crippen LogP contribution in [0.5, 0.6) is 0 Å². The van der Waals surface area contributed by atoms with E-state index in [-0.39, 0.29) is 36.0 Å². The fourth-order valence-corrected chi connectivity index (χ4v) is 3.83. The van der Waals surface area contributed by atoms with Crippen LogP contribution in [0.25, 0.3) is 0 Å². The van der Waals surface area contributed by atoms with Gasteiger partial charge in [-0.15, -0.1) is 35.3 Å². The maximum atomic E-state index is 12.0. The van der Waals surface area contributed by atoms with Gasteiger partial charge in [-0.05, 0) is 45.2 Å². The van der Waals surface area contributed by atoms with Crippen molar-refractivity contribution in [3.05, 3.63) is 50.4 Å². The van der Waals surface area contributed by atoms with Gasteiger partial charge in [-0.3, -0.25) is 4.99 Å². The predicted octanol–water partition coefficient (Wildman–Crippen LogP) is 4.76. The minimum Gasteiger partial charge on any atom is -0.462 e. The second-order valence-electron chi connectivity index (χ2n) is 6.25. The SMILES string of the molecule is CCOC(=O)c1sc(C(C)NC(=NC)NCCCc2ccccc2Cl)nc1C.I. The Hall–Kier alpha value is -1.39. The molecule has 1 unspecified atom stereocenters. The fourth-order valence-electron chi connectivity index (χ4n) is 2.64. The molecule has 0 fully saturated rings. The molecule has 1 aromatic heterocycles. The minimum absolute atomic E-state index is 0. The van der Waals surface area contributed by atoms with Crippen molar-refractivity contribution in [2.75, 3.05) is 20.2 Å². The van der Waals surface area contributed by atoms with Crippen LogP contribution in [0.1, 0.15) is 52.2 Å². The number of aliphatic imine (C=N–C) groups is 1. The number of halogens is 2. The van der Waals surface area contributed by atoms with Crippen molar-refractivity contribution in [2.45, 2.75) is 39.7 Å². The zero-order chi connectivity index (χ0) is 20.5. The Labute approximate surface area is 198 Å². The second-order valence-corrected chi connectivity index (χ2v) is 7.68. The van der Waals surface area contributed by atoms with Crippen LogP contribution in [0.2, 0.25) is 5.02 Å². The molecule has 0 amide bonds. The summed E-state index contributed by atoms with van der Waals surface area (Å²) in [5, 5.41) is 8.24. The highest BCUT2D eigenvalue weighted by Gasteiger charge is 2.20. The molecule has 0 radical (unpaired) electrons. The van der Waals surface area contributed by atoms with E-state index in [1.807, 2.05) is 38.1 Å². The molecule has 0 aliphatic carbocycles. The number of aromatic nitrogens is 1. The maximum Gasteiger partial charge on any atom is 0.350 e. The van der Waals surface area contributed by atoms with Crippen molar-refractivity contribution < 1.29 is 9.53 Å². The minimum atomic E-state index is -0.321. The Morgan fingerprint density at radius 3 is 2.76 bits per heavy atom. The average molecular weight is 551 g/mol. The monoisotopic (exact) mass is 550 g/mol. The number of hydrogen-bond acceptors (Lipinski definition) is 5. The summed E-state index contributed by atoms with van der Waals surface area (Å²) in [6.07, 6.45) is 1.83. The number of rotatable bonds is 8. The summed E-state index contributed by atoms with van der Waals surface area (Å²) in [5.74, 6) is 0.371. The summed E-state index contributed by atoms with van der Waals surface area (Å²) in [6.45, 7) is 6.72. The second kappa shape index (κ2) is 13.0. The molecule has 2 N–H and O–H groups in total. The number of aryl methyl sites for hydroxylation is 2. The molecule has 2 rings (SSSR count). The number of nitrogens with one attached hydrogen (secondary N) is 2. The van der Waals surface area contributed by atoms with Gasteiger partial charge in [0.05, 0.1) is 18.3 Å². The Kier molecular flexibility index (Phi) is 11.5. The largest absolute Gasteiger partial charge is 0.462 e. The van der Waals surface area contributed by atoms with E-state index in [0.29, 0.717) is 23.1 Å². The van der Waals surface area contributed by atoms with Crippen LogP contribution in [0.3, 0.4) is 0 Å². The van der Waals surface area contributed by atoms with Crippen molar-refractivity contribution in [2.24, 2.45) is 4.99 Å². The number of esters is 1. The molecular formula is C20H28ClIN4O2S. The molecule has 0 saturated carbocycles. The molecule has 0 spiro atoms. The average Bonchev–Trinajstić information content (AvgIpc) is 3.07. The number of carbonyl (C=O) groups excluding carboxylic acids is 1. The van der Waals surface area contributed by atoms with Gasteiger partial charge in [-0.25, -0.2) is 9.78 Å². The van der Waals surface area contributed by atoms with E-state index in [1.165, 1.54) is 11.3 Å². The molecule has 6 nitrogen and oxygen atoms in total. The number of thiazole rings is 1. The van der Waals surface area contributed by atoms with Gasteiger partial charge >= 0.3 is 5.97 Å². The standard InChI is InChI=1S/C20H27ClN4O2S.HI/c1-5-27-19(26)17-13(2)24-18(28-17)14(3)25-20(22-4)23-12-8-10-15-9-6-7-11-16(15)21;/h6-7,9,11,14H,5,8,10,12H2,1-4H3,(H2,22,23,25);1H. The third-order valence-corrected chi connectivity index (χ3v) is 5.78. The first-order valence-corrected chi connectivity index (χ1v) is 10.5. The first-order valence-electron chi connectivity index (χ1n) is 9.31. The Balaban J connectivity index is 0.00000420. The summed E-state index contributed by atoms with van der Waals surface area (Å²) in [4.78, 5) is 21.3. The lowest BCUT2D eigenvalue weighted by Crippen LogP contribution is -2.39. The number of nitrogens with zero attached hydrogens (tertiary/aromatic N) is 2. The van der Waals surface area contributed by atoms with E-state index in [4.69, 9.17) is 16.3 Å². The van der Waals surface area contributed by atoms with Gasteiger partial charge < -0.3 is 15.4 Å². The molecule has 1 aromatic carbocycles. The summed E-state index contributed by atoms with van der Waals surface area (Å²) >= 11 is 7.54. The van der Waals surface area contributed by atoms with E-state index < -0.39 is 0 Å². The molecule has 1 atom stereocenters. The smallest absolute Gasteiger partial charge is 0.350 e. The quantitative estimate of drug-likeness (QED) is 0.163. The van der Waals surface area contributed by atoms with Gasteiger partial charge in [0.25, 0.3) is 0 Å². The molecule has 0 bridgehead atoms. The molecule has 2 aromatic rings. The summed E-state index contributed by atoms with van der Waals surface area (Å²) in [5.41, 5.74) is 1.84. The van der Waals surface area contributed by atoms with Gasteiger partial charge in [-0.2, -0.15) is 0 Å². The topological polar surface area (TPSA) is 75.6 Å². The van der Waals surface area contributed by atoms with E-state index in [2.05, 4.69) is 20.6 Å². The molecule has 0 aliphatic heterocycles. The van der Waals surface area contributed by atoms with Crippen molar-refractivity contribution in [1.82, 2.24) is 15.6 Å². The van der Waals surface area contributed by atoms with E-state index in [0.717, 1.165) is 35.0 Å². The van der Waals surface area contributed by atoms with Gasteiger partial charge in [-0.1, -0.05) is 29.8 Å². The van der Waals surface area contributed by atoms with E-state index in [9.17, 15) is 4.79 Å². The van der Waals surface area contributed by atoms with Gasteiger partial charge in [0, 0.05) is 18.6 Å². The molecule has 0 aliphatic rings. The Bertz CT molecular complexity index is 829. The van der Waals surface area contributed by atoms with Crippen molar-refractivity contribution >= 4 is 58.8 Å². The number of hydrogen-bond donors (Lipinski definition) is 2. The zero-order valence-corrected chi connectivity index (χ0v) is 21.0. The van der Waals surface area contributed by atoms with E-state index in [1.54, 1.807) is 14.0 Å². The normalized spacial score (nSPS) is 12.1. The molecule has 1 heterocycles. The van der Waals surface area contributed by atoms with Crippen molar-refractivity contribution in [1.29, 1.82) is 0 Å². The van der Waals surface area contributed by atoms with Crippen LogP contribution < -0.4 is 10.6 Å². The van der Waals surface area contributed by atoms with Crippen molar-refractivity contribution in [3.63, 3.8) is 0 Å². The first-order chi connectivity index (χ1) is 13.5. The van der Waals surface area contributed by atoms with Crippen LogP contribution >= 0.6 is 46.9 Å². The molecule has 29 heavy (non-hydrogen) atoms. The molecule has 0 saturated heterocycles. The van der Waals surface area contributed by atoms with Crippen molar-refractivity contribution in [3.8, 4) is 0 Å². The fraction of sp³-hybridized carbons (Fsp3) is 0.450. The highest BCUT2D eigenvalue weighted by atomic mass is 127. The number of carbonyl (C=O) groups is 1. The highest BCUT2D eigenvalue weighted by Crippen LogP contribution is 2.24. The third-order valence-electron chi connectivity index (χ3n) is 4.09. The van der Waals surface area contributed by atoms with E-state index >= 15 is 0 Å². The lowest BCUT2D eigenvalue weighted by molar-refractivity contribution is 0.0531. The number of benzene rings is 1. The lowest BCUT2D eigenvalue weighted by atomic mass is 10.1. The Morgan fingerprint density at radius 1 is 1.38 bits per heavy atom. The summed E-state index contributed by atoms with van der Waals surface area (Å²) in [6, 6.07) is 7.81. The predicted molar refractivity (Wildman–Crippen MR) is 131 cm³/mol. The molecule has 9 heteroatoms. The first kappa shape index (κ1) is 25.6. The number of guanidine groups is 1. The zero-order valence-electron chi connectivity index (χ0n) is 17.1. The molecule has 160 valence electrons. The van der Waals surface area contributed by atoms with Crippen LogP contribution in [-0.4, -0.2) is 37.1 Å². The molecular weight excluding hydrogens is 523 g/mol. The highest BCUT2D eigenvalue weighted by molar-refractivity contribution is 14.0. The number of ether oxygens (including phenoxy) is 1. The Morgan fingerprint density at radius 2 is 2.10 bits per heavy atom. The van der Waals surface area contributed by atoms with Crippen LogP contribution in [-0.2, 0) is 11.2 Å². The maximum absolute atomic E-state index is 12.0. The van der Waals surface area contributed by atoms with Crippen LogP contribution in [0.15, 0.2) is 29.3 Å². The lowest BCUT2D eigenvalue weighted by Gasteiger charge is -2.16. The third kappa shape index (κ3) is 7.75.